The lowest BCUT2D eigenvalue weighted by atomic mass is 10.2. The Kier molecular flexibility index (Phi) is 1.86. The van der Waals surface area contributed by atoms with Crippen molar-refractivity contribution in [1.29, 1.82) is 0 Å². The lowest BCUT2D eigenvalue weighted by Gasteiger charge is -1.96. The highest BCUT2D eigenvalue weighted by Crippen LogP contribution is 2.21. The number of halogens is 1. The summed E-state index contributed by atoms with van der Waals surface area (Å²) in [7, 11) is 0. The van der Waals surface area contributed by atoms with Crippen LogP contribution in [0, 0.1) is 0 Å². The number of pyridine rings is 1. The average Bonchev–Trinajstić information content (AvgIpc) is 2.53. The van der Waals surface area contributed by atoms with Gasteiger partial charge in [0.05, 0.1) is 5.02 Å². The first-order valence-corrected chi connectivity index (χ1v) is 3.90. The molecule has 0 radical (unpaired) electrons. The number of hydrogen-bond donors (Lipinski definition) is 2. The van der Waals surface area contributed by atoms with E-state index in [1.54, 1.807) is 12.3 Å². The van der Waals surface area contributed by atoms with Crippen molar-refractivity contribution < 1.29 is 0 Å². The number of aromatic nitrogens is 4. The number of hydrogen-bond acceptors (Lipinski definition) is 3. The predicted molar refractivity (Wildman–Crippen MR) is 47.4 cm³/mol. The summed E-state index contributed by atoms with van der Waals surface area (Å²) >= 11 is 5.83. The summed E-state index contributed by atoms with van der Waals surface area (Å²) in [4.78, 5) is 17.1. The molecular formula is C7H5ClN4O. The molecule has 0 aliphatic rings. The quantitative estimate of drug-likeness (QED) is 0.709. The van der Waals surface area contributed by atoms with Crippen LogP contribution in [-0.4, -0.2) is 20.2 Å². The molecule has 0 atom stereocenters. The third-order valence-corrected chi connectivity index (χ3v) is 1.83. The van der Waals surface area contributed by atoms with Gasteiger partial charge < -0.3 is 0 Å². The van der Waals surface area contributed by atoms with Crippen molar-refractivity contribution in [3.63, 3.8) is 0 Å². The number of nitrogens with one attached hydrogen (secondary N) is 2. The smallest absolute Gasteiger partial charge is 0.289 e. The van der Waals surface area contributed by atoms with Crippen LogP contribution in [0.3, 0.4) is 0 Å². The fourth-order valence-electron chi connectivity index (χ4n) is 0.965. The predicted octanol–water partition coefficient (Wildman–Crippen LogP) is 0.813. The summed E-state index contributed by atoms with van der Waals surface area (Å²) in [6.07, 6.45) is 3.07. The van der Waals surface area contributed by atoms with Gasteiger partial charge in [-0.05, 0) is 6.07 Å². The molecule has 0 saturated heterocycles. The topological polar surface area (TPSA) is 74.4 Å². The maximum Gasteiger partial charge on any atom is 0.340 e. The van der Waals surface area contributed by atoms with Crippen molar-refractivity contribution in [3.8, 4) is 11.4 Å². The van der Waals surface area contributed by atoms with Gasteiger partial charge in [-0.3, -0.25) is 9.97 Å². The standard InChI is InChI=1S/C7H5ClN4O/c8-5-3-9-2-1-4(5)6-10-7(13)12-11-6/h1-3H,(H2,10,11,12,13). The second kappa shape index (κ2) is 3.02. The molecule has 0 amide bonds. The Morgan fingerprint density at radius 2 is 2.31 bits per heavy atom. The first kappa shape index (κ1) is 8.00. The molecular weight excluding hydrogens is 192 g/mol. The zero-order chi connectivity index (χ0) is 9.26. The third kappa shape index (κ3) is 1.46. The summed E-state index contributed by atoms with van der Waals surface area (Å²) < 4.78 is 0. The second-order valence-corrected chi connectivity index (χ2v) is 2.79. The number of H-pyrrole nitrogens is 2. The van der Waals surface area contributed by atoms with E-state index in [0.29, 0.717) is 16.4 Å². The van der Waals surface area contributed by atoms with E-state index in [-0.39, 0.29) is 5.69 Å². The van der Waals surface area contributed by atoms with Crippen LogP contribution in [-0.2, 0) is 0 Å². The van der Waals surface area contributed by atoms with Gasteiger partial charge in [-0.2, -0.15) is 5.10 Å². The molecule has 0 fully saturated rings. The molecule has 5 nitrogen and oxygen atoms in total. The van der Waals surface area contributed by atoms with Crippen LogP contribution in [0.2, 0.25) is 5.02 Å². The molecule has 0 aliphatic carbocycles. The first-order valence-electron chi connectivity index (χ1n) is 3.52. The minimum atomic E-state index is -0.358. The average molecular weight is 197 g/mol. The molecule has 0 bridgehead atoms. The van der Waals surface area contributed by atoms with E-state index in [1.165, 1.54) is 6.20 Å². The second-order valence-electron chi connectivity index (χ2n) is 2.38. The van der Waals surface area contributed by atoms with Crippen LogP contribution in [0.1, 0.15) is 0 Å². The minimum Gasteiger partial charge on any atom is -0.289 e. The number of rotatable bonds is 1. The van der Waals surface area contributed by atoms with Crippen molar-refractivity contribution >= 4 is 11.6 Å². The molecule has 2 heterocycles. The van der Waals surface area contributed by atoms with Gasteiger partial charge in [-0.15, -0.1) is 0 Å². The number of nitrogens with zero attached hydrogens (tertiary/aromatic N) is 2. The molecule has 0 saturated carbocycles. The maximum atomic E-state index is 10.7. The van der Waals surface area contributed by atoms with E-state index < -0.39 is 0 Å². The molecule has 6 heteroatoms. The summed E-state index contributed by atoms with van der Waals surface area (Å²) in [6.45, 7) is 0. The molecule has 0 spiro atoms. The van der Waals surface area contributed by atoms with Gasteiger partial charge in [0.1, 0.15) is 0 Å². The highest BCUT2D eigenvalue weighted by atomic mass is 35.5. The summed E-state index contributed by atoms with van der Waals surface area (Å²) in [5.74, 6) is 0.414. The lowest BCUT2D eigenvalue weighted by molar-refractivity contribution is 1.05. The molecule has 2 N–H and O–H groups in total. The molecule has 2 aromatic heterocycles. The van der Waals surface area contributed by atoms with Crippen molar-refractivity contribution in [2.45, 2.75) is 0 Å². The SMILES string of the molecule is O=c1[nH]nc(-c2ccncc2Cl)[nH]1. The van der Waals surface area contributed by atoms with Gasteiger partial charge in [0.15, 0.2) is 5.82 Å². The Bertz CT molecular complexity index is 475. The summed E-state index contributed by atoms with van der Waals surface area (Å²) in [5.41, 5.74) is 0.290. The van der Waals surface area contributed by atoms with Crippen LogP contribution in [0.25, 0.3) is 11.4 Å². The van der Waals surface area contributed by atoms with Gasteiger partial charge in [0.25, 0.3) is 0 Å². The van der Waals surface area contributed by atoms with E-state index in [2.05, 4.69) is 20.2 Å². The van der Waals surface area contributed by atoms with E-state index in [4.69, 9.17) is 11.6 Å². The molecule has 0 aromatic carbocycles. The molecule has 0 aliphatic heterocycles. The van der Waals surface area contributed by atoms with Crippen molar-refractivity contribution in [2.24, 2.45) is 0 Å². The molecule has 0 unspecified atom stereocenters. The molecule has 66 valence electrons. The van der Waals surface area contributed by atoms with E-state index in [0.717, 1.165) is 0 Å². The fourth-order valence-corrected chi connectivity index (χ4v) is 1.17. The highest BCUT2D eigenvalue weighted by Gasteiger charge is 2.05. The van der Waals surface area contributed by atoms with E-state index in [9.17, 15) is 4.79 Å². The monoisotopic (exact) mass is 196 g/mol. The van der Waals surface area contributed by atoms with E-state index >= 15 is 0 Å². The lowest BCUT2D eigenvalue weighted by Crippen LogP contribution is -2.00. The van der Waals surface area contributed by atoms with Crippen molar-refractivity contribution in [1.82, 2.24) is 20.2 Å². The number of aromatic amines is 2. The summed E-state index contributed by atoms with van der Waals surface area (Å²) in [6, 6.07) is 1.68. The fraction of sp³-hybridized carbons (Fsp3) is 0. The van der Waals surface area contributed by atoms with Gasteiger partial charge >= 0.3 is 5.69 Å². The maximum absolute atomic E-state index is 10.7. The van der Waals surface area contributed by atoms with Crippen molar-refractivity contribution in [2.75, 3.05) is 0 Å². The van der Waals surface area contributed by atoms with Crippen molar-refractivity contribution in [3.05, 3.63) is 34.0 Å². The van der Waals surface area contributed by atoms with Gasteiger partial charge in [-0.1, -0.05) is 11.6 Å². The molecule has 2 rings (SSSR count). The summed E-state index contributed by atoms with van der Waals surface area (Å²) in [5, 5.41) is 6.45. The Labute approximate surface area is 77.8 Å². The Hall–Kier alpha value is -1.62. The first-order chi connectivity index (χ1) is 6.27. The van der Waals surface area contributed by atoms with Crippen LogP contribution in [0.4, 0.5) is 0 Å². The minimum absolute atomic E-state index is 0.358. The van der Waals surface area contributed by atoms with Crippen LogP contribution in [0.5, 0.6) is 0 Å². The molecule has 2 aromatic rings. The van der Waals surface area contributed by atoms with E-state index in [1.807, 2.05) is 0 Å². The van der Waals surface area contributed by atoms with Gasteiger partial charge in [0, 0.05) is 18.0 Å². The highest BCUT2D eigenvalue weighted by molar-refractivity contribution is 6.33. The van der Waals surface area contributed by atoms with Gasteiger partial charge in [0.2, 0.25) is 0 Å². The normalized spacial score (nSPS) is 10.2. The van der Waals surface area contributed by atoms with Gasteiger partial charge in [-0.25, -0.2) is 9.89 Å². The molecule has 13 heavy (non-hydrogen) atoms. The Morgan fingerprint density at radius 3 is 2.92 bits per heavy atom. The largest absolute Gasteiger partial charge is 0.340 e. The zero-order valence-corrected chi connectivity index (χ0v) is 7.17. The van der Waals surface area contributed by atoms with Crippen LogP contribution >= 0.6 is 11.6 Å². The van der Waals surface area contributed by atoms with Crippen LogP contribution < -0.4 is 5.69 Å². The Balaban J connectivity index is 2.58. The zero-order valence-electron chi connectivity index (χ0n) is 6.41. The van der Waals surface area contributed by atoms with Crippen LogP contribution in [0.15, 0.2) is 23.3 Å². The third-order valence-electron chi connectivity index (χ3n) is 1.53. The Morgan fingerprint density at radius 1 is 1.46 bits per heavy atom.